The SMILES string of the molecule is CC(C)(C)c1ccc(CN2CCc3c2nc2ccc(Br)cc2c3N)cc1. The van der Waals surface area contributed by atoms with E-state index >= 15 is 0 Å². The van der Waals surface area contributed by atoms with Gasteiger partial charge in [-0.1, -0.05) is 61.0 Å². The topological polar surface area (TPSA) is 42.2 Å². The van der Waals surface area contributed by atoms with E-state index in [1.54, 1.807) is 0 Å². The molecule has 2 aromatic carbocycles. The molecule has 0 aliphatic carbocycles. The third kappa shape index (κ3) is 3.07. The first kappa shape index (κ1) is 17.3. The summed E-state index contributed by atoms with van der Waals surface area (Å²) in [5.41, 5.74) is 12.3. The number of hydrogen-bond acceptors (Lipinski definition) is 3. The molecule has 0 bridgehead atoms. The molecular formula is C22H24BrN3. The molecule has 0 fully saturated rings. The van der Waals surface area contributed by atoms with Crippen LogP contribution in [0.3, 0.4) is 0 Å². The summed E-state index contributed by atoms with van der Waals surface area (Å²) in [5.74, 6) is 1.04. The molecule has 26 heavy (non-hydrogen) atoms. The van der Waals surface area contributed by atoms with Crippen molar-refractivity contribution in [1.29, 1.82) is 0 Å². The summed E-state index contributed by atoms with van der Waals surface area (Å²) >= 11 is 3.53. The third-order valence-corrected chi connectivity index (χ3v) is 5.69. The second kappa shape index (κ2) is 6.27. The van der Waals surface area contributed by atoms with Crippen molar-refractivity contribution >= 4 is 38.3 Å². The predicted molar refractivity (Wildman–Crippen MR) is 114 cm³/mol. The minimum atomic E-state index is 0.183. The molecule has 4 heteroatoms. The number of nitrogens with zero attached hydrogens (tertiary/aromatic N) is 2. The Labute approximate surface area is 163 Å². The van der Waals surface area contributed by atoms with E-state index in [9.17, 15) is 0 Å². The molecule has 1 aromatic heterocycles. The van der Waals surface area contributed by atoms with Crippen LogP contribution >= 0.6 is 15.9 Å². The van der Waals surface area contributed by atoms with Crippen LogP contribution in [0.25, 0.3) is 10.9 Å². The summed E-state index contributed by atoms with van der Waals surface area (Å²) in [6.07, 6.45) is 0.955. The van der Waals surface area contributed by atoms with Crippen molar-refractivity contribution in [2.24, 2.45) is 0 Å². The molecule has 3 aromatic rings. The molecule has 3 nitrogen and oxygen atoms in total. The van der Waals surface area contributed by atoms with E-state index in [1.165, 1.54) is 16.7 Å². The van der Waals surface area contributed by atoms with Crippen molar-refractivity contribution in [3.05, 3.63) is 63.6 Å². The molecule has 134 valence electrons. The van der Waals surface area contributed by atoms with Crippen molar-refractivity contribution in [1.82, 2.24) is 4.98 Å². The highest BCUT2D eigenvalue weighted by Gasteiger charge is 2.25. The summed E-state index contributed by atoms with van der Waals surface area (Å²) in [5, 5.41) is 1.04. The van der Waals surface area contributed by atoms with E-state index in [0.717, 1.165) is 46.4 Å². The predicted octanol–water partition coefficient (Wildman–Crippen LogP) is 5.44. The smallest absolute Gasteiger partial charge is 0.134 e. The average molecular weight is 410 g/mol. The number of anilines is 2. The molecule has 0 unspecified atom stereocenters. The van der Waals surface area contributed by atoms with Crippen molar-refractivity contribution in [2.45, 2.75) is 39.2 Å². The Balaban J connectivity index is 1.66. The van der Waals surface area contributed by atoms with Crippen molar-refractivity contribution in [2.75, 3.05) is 17.2 Å². The first-order chi connectivity index (χ1) is 12.3. The third-order valence-electron chi connectivity index (χ3n) is 5.19. The van der Waals surface area contributed by atoms with Gasteiger partial charge in [-0.3, -0.25) is 0 Å². The number of aromatic nitrogens is 1. The van der Waals surface area contributed by atoms with Gasteiger partial charge in [0.25, 0.3) is 0 Å². The number of pyridine rings is 1. The molecule has 2 N–H and O–H groups in total. The van der Waals surface area contributed by atoms with Gasteiger partial charge in [-0.05, 0) is 41.2 Å². The van der Waals surface area contributed by atoms with Gasteiger partial charge in [-0.25, -0.2) is 4.98 Å². The normalized spacial score (nSPS) is 14.1. The van der Waals surface area contributed by atoms with Crippen molar-refractivity contribution < 1.29 is 0 Å². The van der Waals surface area contributed by atoms with Crippen LogP contribution in [0.1, 0.15) is 37.5 Å². The van der Waals surface area contributed by atoms with Crippen LogP contribution in [-0.2, 0) is 18.4 Å². The maximum Gasteiger partial charge on any atom is 0.134 e. The van der Waals surface area contributed by atoms with Crippen LogP contribution < -0.4 is 10.6 Å². The highest BCUT2D eigenvalue weighted by atomic mass is 79.9. The van der Waals surface area contributed by atoms with Crippen LogP contribution in [0.15, 0.2) is 46.9 Å². The lowest BCUT2D eigenvalue weighted by molar-refractivity contribution is 0.590. The maximum absolute atomic E-state index is 6.48. The summed E-state index contributed by atoms with van der Waals surface area (Å²) in [4.78, 5) is 7.26. The zero-order valence-electron chi connectivity index (χ0n) is 15.5. The van der Waals surface area contributed by atoms with Gasteiger partial charge in [0.1, 0.15) is 5.82 Å². The Morgan fingerprint density at radius 3 is 2.54 bits per heavy atom. The van der Waals surface area contributed by atoms with Gasteiger partial charge in [-0.2, -0.15) is 0 Å². The number of nitrogen functional groups attached to an aromatic ring is 1. The molecule has 0 spiro atoms. The zero-order chi connectivity index (χ0) is 18.5. The second-order valence-corrected chi connectivity index (χ2v) is 9.02. The summed E-state index contributed by atoms with van der Waals surface area (Å²) in [6.45, 7) is 8.57. The number of benzene rings is 2. The Hall–Kier alpha value is -2.07. The van der Waals surface area contributed by atoms with Crippen LogP contribution in [0.5, 0.6) is 0 Å². The van der Waals surface area contributed by atoms with Crippen LogP contribution in [0, 0.1) is 0 Å². The lowest BCUT2D eigenvalue weighted by atomic mass is 9.87. The van der Waals surface area contributed by atoms with E-state index in [2.05, 4.69) is 71.9 Å². The largest absolute Gasteiger partial charge is 0.398 e. The van der Waals surface area contributed by atoms with E-state index in [1.807, 2.05) is 12.1 Å². The molecule has 4 rings (SSSR count). The minimum Gasteiger partial charge on any atom is -0.398 e. The minimum absolute atomic E-state index is 0.183. The lowest BCUT2D eigenvalue weighted by Gasteiger charge is -2.22. The summed E-state index contributed by atoms with van der Waals surface area (Å²) in [7, 11) is 0. The van der Waals surface area contributed by atoms with Crippen molar-refractivity contribution in [3.8, 4) is 0 Å². The molecular weight excluding hydrogens is 386 g/mol. The van der Waals surface area contributed by atoms with E-state index in [-0.39, 0.29) is 5.41 Å². The van der Waals surface area contributed by atoms with Gasteiger partial charge in [-0.15, -0.1) is 0 Å². The molecule has 0 radical (unpaired) electrons. The van der Waals surface area contributed by atoms with Gasteiger partial charge >= 0.3 is 0 Å². The fourth-order valence-corrected chi connectivity index (χ4v) is 3.99. The Morgan fingerprint density at radius 2 is 1.85 bits per heavy atom. The van der Waals surface area contributed by atoms with Gasteiger partial charge in [0.2, 0.25) is 0 Å². The van der Waals surface area contributed by atoms with Gasteiger partial charge in [0, 0.05) is 34.2 Å². The summed E-state index contributed by atoms with van der Waals surface area (Å²) in [6, 6.07) is 15.1. The van der Waals surface area contributed by atoms with Gasteiger partial charge in [0.15, 0.2) is 0 Å². The highest BCUT2D eigenvalue weighted by molar-refractivity contribution is 9.10. The first-order valence-electron chi connectivity index (χ1n) is 9.05. The maximum atomic E-state index is 6.48. The molecule has 1 aliphatic rings. The van der Waals surface area contributed by atoms with Gasteiger partial charge < -0.3 is 10.6 Å². The Bertz CT molecular complexity index is 971. The van der Waals surface area contributed by atoms with E-state index in [4.69, 9.17) is 10.7 Å². The number of nitrogens with two attached hydrogens (primary N) is 1. The Morgan fingerprint density at radius 1 is 1.12 bits per heavy atom. The number of fused-ring (bicyclic) bond motifs is 2. The molecule has 0 saturated heterocycles. The first-order valence-corrected chi connectivity index (χ1v) is 9.84. The highest BCUT2D eigenvalue weighted by Crippen LogP contribution is 2.37. The van der Waals surface area contributed by atoms with Crippen LogP contribution in [0.2, 0.25) is 0 Å². The van der Waals surface area contributed by atoms with E-state index in [0.29, 0.717) is 0 Å². The zero-order valence-corrected chi connectivity index (χ0v) is 17.1. The molecule has 0 atom stereocenters. The second-order valence-electron chi connectivity index (χ2n) is 8.11. The standard InChI is InChI=1S/C22H24BrN3/c1-22(2,3)15-6-4-14(5-7-15)13-26-11-10-17-20(24)18-12-16(23)8-9-19(18)25-21(17)26/h4-9,12H,10-11,13H2,1-3H3,(H2,24,25). The molecule has 0 amide bonds. The molecule has 0 saturated carbocycles. The fourth-order valence-electron chi connectivity index (χ4n) is 3.63. The monoisotopic (exact) mass is 409 g/mol. The van der Waals surface area contributed by atoms with E-state index < -0.39 is 0 Å². The van der Waals surface area contributed by atoms with Crippen LogP contribution in [-0.4, -0.2) is 11.5 Å². The molecule has 2 heterocycles. The lowest BCUT2D eigenvalue weighted by Crippen LogP contribution is -2.20. The number of rotatable bonds is 2. The molecule has 1 aliphatic heterocycles. The van der Waals surface area contributed by atoms with Crippen LogP contribution in [0.4, 0.5) is 11.5 Å². The summed E-state index contributed by atoms with van der Waals surface area (Å²) < 4.78 is 1.03. The number of hydrogen-bond donors (Lipinski definition) is 1. The van der Waals surface area contributed by atoms with Crippen molar-refractivity contribution in [3.63, 3.8) is 0 Å². The average Bonchev–Trinajstić information content (AvgIpc) is 2.98. The quantitative estimate of drug-likeness (QED) is 0.612. The number of halogens is 1. The Kier molecular flexibility index (Phi) is 4.19. The fraction of sp³-hybridized carbons (Fsp3) is 0.318. The van der Waals surface area contributed by atoms with Gasteiger partial charge in [0.05, 0.1) is 5.52 Å².